The van der Waals surface area contributed by atoms with Crippen LogP contribution in [-0.2, 0) is 6.54 Å². The number of hydrogen-bond acceptors (Lipinski definition) is 3. The Balaban J connectivity index is 0.00000192. The first-order valence-electron chi connectivity index (χ1n) is 7.79. The van der Waals surface area contributed by atoms with Gasteiger partial charge in [-0.25, -0.2) is 9.98 Å². The topological polar surface area (TPSA) is 67.7 Å². The van der Waals surface area contributed by atoms with Crippen molar-refractivity contribution in [2.75, 3.05) is 13.1 Å². The minimum Gasteiger partial charge on any atom is -0.444 e. The zero-order valence-corrected chi connectivity index (χ0v) is 15.7. The van der Waals surface area contributed by atoms with Crippen LogP contribution in [0.15, 0.2) is 39.9 Å². The van der Waals surface area contributed by atoms with Crippen LogP contribution in [0.25, 0.3) is 11.5 Å². The molecule has 0 saturated carbocycles. The lowest BCUT2D eigenvalue weighted by molar-refractivity contribution is 0.338. The van der Waals surface area contributed by atoms with Crippen molar-refractivity contribution in [2.24, 2.45) is 10.7 Å². The standard InChI is InChI=1S/C17H22N4O.HI/c1-13-5-7-14(8-6-13)16-20-15(12-22-16)11-19-17(18)21-9-3-2-4-10-21;/h5-8,12H,2-4,9-11H2,1H3,(H2,18,19);1H. The molecule has 1 aromatic carbocycles. The molecule has 124 valence electrons. The third-order valence-electron chi connectivity index (χ3n) is 3.93. The Hall–Kier alpha value is -1.57. The minimum absolute atomic E-state index is 0. The number of aryl methyl sites for hydroxylation is 1. The molecule has 0 radical (unpaired) electrons. The van der Waals surface area contributed by atoms with Crippen LogP contribution in [0, 0.1) is 6.92 Å². The highest BCUT2D eigenvalue weighted by molar-refractivity contribution is 14.0. The van der Waals surface area contributed by atoms with Crippen molar-refractivity contribution in [3.05, 3.63) is 41.8 Å². The van der Waals surface area contributed by atoms with Gasteiger partial charge < -0.3 is 15.1 Å². The van der Waals surface area contributed by atoms with E-state index in [4.69, 9.17) is 10.2 Å². The number of hydrogen-bond donors (Lipinski definition) is 1. The number of nitrogens with two attached hydrogens (primary N) is 1. The van der Waals surface area contributed by atoms with Crippen molar-refractivity contribution in [2.45, 2.75) is 32.7 Å². The molecule has 0 amide bonds. The summed E-state index contributed by atoms with van der Waals surface area (Å²) in [7, 11) is 0. The van der Waals surface area contributed by atoms with Gasteiger partial charge in [-0.2, -0.15) is 0 Å². The predicted molar refractivity (Wildman–Crippen MR) is 103 cm³/mol. The lowest BCUT2D eigenvalue weighted by atomic mass is 10.1. The number of halogens is 1. The summed E-state index contributed by atoms with van der Waals surface area (Å²) >= 11 is 0. The lowest BCUT2D eigenvalue weighted by Crippen LogP contribution is -2.40. The van der Waals surface area contributed by atoms with E-state index in [1.807, 2.05) is 24.3 Å². The molecule has 1 aliphatic heterocycles. The van der Waals surface area contributed by atoms with Crippen LogP contribution in [0.5, 0.6) is 0 Å². The van der Waals surface area contributed by atoms with E-state index in [0.717, 1.165) is 24.3 Å². The Morgan fingerprint density at radius 1 is 1.22 bits per heavy atom. The van der Waals surface area contributed by atoms with Gasteiger partial charge in [-0.1, -0.05) is 17.7 Å². The second-order valence-corrected chi connectivity index (χ2v) is 5.73. The van der Waals surface area contributed by atoms with E-state index >= 15 is 0 Å². The highest BCUT2D eigenvalue weighted by Gasteiger charge is 2.12. The number of nitrogens with zero attached hydrogens (tertiary/aromatic N) is 3. The van der Waals surface area contributed by atoms with Crippen LogP contribution < -0.4 is 5.73 Å². The van der Waals surface area contributed by atoms with Crippen LogP contribution in [0.1, 0.15) is 30.5 Å². The molecule has 6 heteroatoms. The number of aromatic nitrogens is 1. The van der Waals surface area contributed by atoms with Crippen molar-refractivity contribution in [3.63, 3.8) is 0 Å². The van der Waals surface area contributed by atoms with E-state index < -0.39 is 0 Å². The summed E-state index contributed by atoms with van der Waals surface area (Å²) in [5.41, 5.74) is 9.04. The third kappa shape index (κ3) is 4.70. The number of likely N-dealkylation sites (tertiary alicyclic amines) is 1. The van der Waals surface area contributed by atoms with Gasteiger partial charge in [-0.3, -0.25) is 0 Å². The van der Waals surface area contributed by atoms with Crippen molar-refractivity contribution in [1.82, 2.24) is 9.88 Å². The second kappa shape index (κ2) is 8.33. The summed E-state index contributed by atoms with van der Waals surface area (Å²) in [6.07, 6.45) is 5.32. The molecule has 0 unspecified atom stereocenters. The lowest BCUT2D eigenvalue weighted by Gasteiger charge is -2.27. The maximum Gasteiger partial charge on any atom is 0.226 e. The molecule has 1 fully saturated rings. The van der Waals surface area contributed by atoms with Crippen LogP contribution in [0.2, 0.25) is 0 Å². The maximum atomic E-state index is 6.05. The average molecular weight is 426 g/mol. The largest absolute Gasteiger partial charge is 0.444 e. The summed E-state index contributed by atoms with van der Waals surface area (Å²) in [4.78, 5) is 11.1. The molecular formula is C17H23IN4O. The highest BCUT2D eigenvalue weighted by Crippen LogP contribution is 2.19. The quantitative estimate of drug-likeness (QED) is 0.463. The average Bonchev–Trinajstić information content (AvgIpc) is 3.03. The van der Waals surface area contributed by atoms with Crippen LogP contribution >= 0.6 is 24.0 Å². The molecule has 2 aromatic rings. The van der Waals surface area contributed by atoms with E-state index in [1.165, 1.54) is 24.8 Å². The molecule has 0 spiro atoms. The molecule has 1 aromatic heterocycles. The monoisotopic (exact) mass is 426 g/mol. The van der Waals surface area contributed by atoms with E-state index in [1.54, 1.807) is 6.26 Å². The van der Waals surface area contributed by atoms with E-state index in [0.29, 0.717) is 18.4 Å². The van der Waals surface area contributed by atoms with E-state index in [9.17, 15) is 0 Å². The Kier molecular flexibility index (Phi) is 6.44. The van der Waals surface area contributed by atoms with E-state index in [2.05, 4.69) is 21.8 Å². The van der Waals surface area contributed by atoms with Gasteiger partial charge in [0.1, 0.15) is 12.0 Å². The molecule has 1 aliphatic rings. The smallest absolute Gasteiger partial charge is 0.226 e. The van der Waals surface area contributed by atoms with Gasteiger partial charge in [0.2, 0.25) is 5.89 Å². The zero-order chi connectivity index (χ0) is 15.4. The zero-order valence-electron chi connectivity index (χ0n) is 13.4. The molecule has 3 rings (SSSR count). The summed E-state index contributed by atoms with van der Waals surface area (Å²) in [5, 5.41) is 0. The molecule has 2 N–H and O–H groups in total. The van der Waals surface area contributed by atoms with Crippen LogP contribution in [-0.4, -0.2) is 28.9 Å². The first-order chi connectivity index (χ1) is 10.7. The Morgan fingerprint density at radius 2 is 1.91 bits per heavy atom. The predicted octanol–water partition coefficient (Wildman–Crippen LogP) is 3.57. The minimum atomic E-state index is 0. The van der Waals surface area contributed by atoms with Crippen molar-refractivity contribution in [1.29, 1.82) is 0 Å². The molecular weight excluding hydrogens is 403 g/mol. The maximum absolute atomic E-state index is 6.05. The van der Waals surface area contributed by atoms with Gasteiger partial charge in [-0.05, 0) is 38.3 Å². The SMILES string of the molecule is Cc1ccc(-c2nc(CN=C(N)N3CCCCC3)co2)cc1.I. The normalized spacial score (nSPS) is 15.3. The Bertz CT molecular complexity index is 645. The van der Waals surface area contributed by atoms with Crippen molar-refractivity contribution < 1.29 is 4.42 Å². The van der Waals surface area contributed by atoms with Gasteiger partial charge in [0.05, 0.1) is 6.54 Å². The van der Waals surface area contributed by atoms with Crippen molar-refractivity contribution in [3.8, 4) is 11.5 Å². The fourth-order valence-electron chi connectivity index (χ4n) is 2.59. The Morgan fingerprint density at radius 3 is 2.61 bits per heavy atom. The molecule has 0 aliphatic carbocycles. The first kappa shape index (κ1) is 17.8. The molecule has 0 bridgehead atoms. The fraction of sp³-hybridized carbons (Fsp3) is 0.412. The van der Waals surface area contributed by atoms with E-state index in [-0.39, 0.29) is 24.0 Å². The van der Waals surface area contributed by atoms with Gasteiger partial charge in [0.25, 0.3) is 0 Å². The number of oxazole rings is 1. The Labute approximate surface area is 154 Å². The molecule has 0 atom stereocenters. The molecule has 5 nitrogen and oxygen atoms in total. The number of piperidine rings is 1. The number of rotatable bonds is 3. The number of guanidine groups is 1. The third-order valence-corrected chi connectivity index (χ3v) is 3.93. The summed E-state index contributed by atoms with van der Waals surface area (Å²) < 4.78 is 5.53. The van der Waals surface area contributed by atoms with Gasteiger partial charge in [0, 0.05) is 18.7 Å². The molecule has 23 heavy (non-hydrogen) atoms. The first-order valence-corrected chi connectivity index (χ1v) is 7.79. The van der Waals surface area contributed by atoms with Crippen molar-refractivity contribution >= 4 is 29.9 Å². The van der Waals surface area contributed by atoms with Gasteiger partial charge in [-0.15, -0.1) is 24.0 Å². The number of aliphatic imine (C=N–C) groups is 1. The second-order valence-electron chi connectivity index (χ2n) is 5.73. The van der Waals surface area contributed by atoms with Crippen LogP contribution in [0.4, 0.5) is 0 Å². The van der Waals surface area contributed by atoms with Crippen LogP contribution in [0.3, 0.4) is 0 Å². The fourth-order valence-corrected chi connectivity index (χ4v) is 2.59. The molecule has 1 saturated heterocycles. The van der Waals surface area contributed by atoms with Gasteiger partial charge in [0.15, 0.2) is 5.96 Å². The highest BCUT2D eigenvalue weighted by atomic mass is 127. The summed E-state index contributed by atoms with van der Waals surface area (Å²) in [6, 6.07) is 8.12. The number of benzene rings is 1. The van der Waals surface area contributed by atoms with Gasteiger partial charge >= 0.3 is 0 Å². The molecule has 2 heterocycles. The summed E-state index contributed by atoms with van der Waals surface area (Å²) in [5.74, 6) is 1.24. The summed E-state index contributed by atoms with van der Waals surface area (Å²) in [6.45, 7) is 4.52.